The minimum atomic E-state index is -0.953. The fraction of sp³-hybridized carbons (Fsp3) is 0.692. The van der Waals surface area contributed by atoms with E-state index in [1.54, 1.807) is 5.57 Å². The standard InChI is InChI=1S/C13H26Si2/c1-6-7-8-12-9-10-13(11-12)15(4,5)14(2)3/h9-11,13-14H,6-8H2,1-5H3. The molecule has 0 bridgehead atoms. The average molecular weight is 239 g/mol. The van der Waals surface area contributed by atoms with Gasteiger partial charge in [0.1, 0.15) is 0 Å². The second-order valence-corrected chi connectivity index (χ2v) is 20.3. The molecule has 0 saturated carbocycles. The van der Waals surface area contributed by atoms with E-state index in [-0.39, 0.29) is 0 Å². The molecule has 1 aliphatic carbocycles. The Morgan fingerprint density at radius 3 is 2.53 bits per heavy atom. The van der Waals surface area contributed by atoms with Crippen molar-refractivity contribution < 1.29 is 0 Å². The molecule has 0 aromatic heterocycles. The quantitative estimate of drug-likeness (QED) is 0.626. The van der Waals surface area contributed by atoms with Gasteiger partial charge in [-0.1, -0.05) is 63.3 Å². The molecule has 0 fully saturated rings. The van der Waals surface area contributed by atoms with Crippen LogP contribution in [0.3, 0.4) is 0 Å². The molecule has 1 atom stereocenters. The van der Waals surface area contributed by atoms with E-state index in [2.05, 4.69) is 51.3 Å². The molecule has 0 radical (unpaired) electrons. The molecule has 0 nitrogen and oxygen atoms in total. The van der Waals surface area contributed by atoms with Gasteiger partial charge in [0.15, 0.2) is 0 Å². The Bertz CT molecular complexity index is 262. The highest BCUT2D eigenvalue weighted by molar-refractivity contribution is 7.32. The van der Waals surface area contributed by atoms with E-state index in [9.17, 15) is 0 Å². The fourth-order valence-electron chi connectivity index (χ4n) is 1.96. The van der Waals surface area contributed by atoms with Gasteiger partial charge < -0.3 is 0 Å². The molecule has 0 heterocycles. The monoisotopic (exact) mass is 238 g/mol. The Morgan fingerprint density at radius 2 is 2.00 bits per heavy atom. The van der Waals surface area contributed by atoms with E-state index in [0.29, 0.717) is 0 Å². The van der Waals surface area contributed by atoms with Gasteiger partial charge in [-0.2, -0.15) is 0 Å². The first kappa shape index (κ1) is 13.0. The van der Waals surface area contributed by atoms with E-state index in [4.69, 9.17) is 0 Å². The van der Waals surface area contributed by atoms with Gasteiger partial charge >= 0.3 is 0 Å². The van der Waals surface area contributed by atoms with Crippen LogP contribution < -0.4 is 0 Å². The lowest BCUT2D eigenvalue weighted by atomic mass is 10.1. The van der Waals surface area contributed by atoms with E-state index < -0.39 is 15.9 Å². The summed E-state index contributed by atoms with van der Waals surface area (Å²) in [7, 11) is -1.40. The van der Waals surface area contributed by atoms with Gasteiger partial charge in [-0.3, -0.25) is 0 Å². The van der Waals surface area contributed by atoms with E-state index >= 15 is 0 Å². The molecule has 0 aromatic carbocycles. The second-order valence-electron chi connectivity index (χ2n) is 5.71. The van der Waals surface area contributed by atoms with Crippen molar-refractivity contribution >= 4 is 15.9 Å². The molecule has 0 amide bonds. The summed E-state index contributed by atoms with van der Waals surface area (Å²) in [5.74, 6) is 0. The molecule has 1 unspecified atom stereocenters. The van der Waals surface area contributed by atoms with Gasteiger partial charge in [-0.25, -0.2) is 0 Å². The summed E-state index contributed by atoms with van der Waals surface area (Å²) in [5.41, 5.74) is 2.45. The molecule has 2 heteroatoms. The lowest BCUT2D eigenvalue weighted by Crippen LogP contribution is -2.44. The van der Waals surface area contributed by atoms with E-state index in [1.165, 1.54) is 19.3 Å². The normalized spacial score (nSPS) is 21.2. The van der Waals surface area contributed by atoms with Crippen molar-refractivity contribution in [3.63, 3.8) is 0 Å². The van der Waals surface area contributed by atoms with Gasteiger partial charge in [-0.15, -0.1) is 0 Å². The lowest BCUT2D eigenvalue weighted by Gasteiger charge is -2.30. The Hall–Kier alpha value is -0.0862. The van der Waals surface area contributed by atoms with Crippen LogP contribution in [0.2, 0.25) is 31.7 Å². The highest BCUT2D eigenvalue weighted by atomic mass is 29.2. The van der Waals surface area contributed by atoms with Crippen molar-refractivity contribution in [3.8, 4) is 0 Å². The summed E-state index contributed by atoms with van der Waals surface area (Å²) >= 11 is 0. The molecule has 0 N–H and O–H groups in total. The highest BCUT2D eigenvalue weighted by Gasteiger charge is 2.33. The minimum absolute atomic E-state index is 0.444. The van der Waals surface area contributed by atoms with Crippen LogP contribution >= 0.6 is 0 Å². The maximum absolute atomic E-state index is 2.58. The SMILES string of the molecule is CCCCC1=CC([Si](C)(C)[SiH](C)C)C=C1. The molecule has 15 heavy (non-hydrogen) atoms. The largest absolute Gasteiger partial charge is 0.0804 e. The number of unbranched alkanes of at least 4 members (excludes halogenated alkanes) is 1. The van der Waals surface area contributed by atoms with E-state index in [0.717, 1.165) is 5.54 Å². The zero-order valence-electron chi connectivity index (χ0n) is 11.0. The van der Waals surface area contributed by atoms with Gasteiger partial charge in [-0.05, 0) is 18.4 Å². The molecule has 0 aliphatic heterocycles. The van der Waals surface area contributed by atoms with Crippen LogP contribution in [0.25, 0.3) is 0 Å². The van der Waals surface area contributed by atoms with Crippen molar-refractivity contribution in [1.29, 1.82) is 0 Å². The van der Waals surface area contributed by atoms with Crippen molar-refractivity contribution in [1.82, 2.24) is 0 Å². The summed E-state index contributed by atoms with van der Waals surface area (Å²) in [5, 5.41) is 0. The first-order valence-corrected chi connectivity index (χ1v) is 13.6. The molecule has 1 rings (SSSR count). The van der Waals surface area contributed by atoms with Crippen LogP contribution in [0, 0.1) is 0 Å². The van der Waals surface area contributed by atoms with Crippen molar-refractivity contribution in [2.75, 3.05) is 0 Å². The van der Waals surface area contributed by atoms with Crippen molar-refractivity contribution in [2.45, 2.75) is 57.9 Å². The van der Waals surface area contributed by atoms with Gasteiger partial charge in [0.25, 0.3) is 0 Å². The first-order valence-electron chi connectivity index (χ1n) is 6.37. The highest BCUT2D eigenvalue weighted by Crippen LogP contribution is 2.34. The Balaban J connectivity index is 2.62. The topological polar surface area (TPSA) is 0 Å². The van der Waals surface area contributed by atoms with Crippen LogP contribution in [0.5, 0.6) is 0 Å². The number of hydrogen-bond donors (Lipinski definition) is 0. The molecular formula is C13H26Si2. The van der Waals surface area contributed by atoms with Gasteiger partial charge in [0.2, 0.25) is 0 Å². The molecule has 1 aliphatic rings. The summed E-state index contributed by atoms with van der Waals surface area (Å²) in [4.78, 5) is 0. The van der Waals surface area contributed by atoms with Crippen LogP contribution in [-0.2, 0) is 0 Å². The lowest BCUT2D eigenvalue weighted by molar-refractivity contribution is 0.798. The molecule has 0 saturated heterocycles. The second kappa shape index (κ2) is 5.31. The summed E-state index contributed by atoms with van der Waals surface area (Å²) < 4.78 is 0. The third-order valence-electron chi connectivity index (χ3n) is 4.08. The Morgan fingerprint density at radius 1 is 1.33 bits per heavy atom. The Kier molecular flexibility index (Phi) is 4.59. The van der Waals surface area contributed by atoms with E-state index in [1.807, 2.05) is 0 Å². The molecule has 86 valence electrons. The predicted octanol–water partition coefficient (Wildman–Crippen LogP) is 4.32. The fourth-order valence-corrected chi connectivity index (χ4v) is 6.90. The molecule has 0 aromatic rings. The van der Waals surface area contributed by atoms with Crippen molar-refractivity contribution in [2.24, 2.45) is 0 Å². The third kappa shape index (κ3) is 3.18. The average Bonchev–Trinajstić information content (AvgIpc) is 2.63. The zero-order valence-corrected chi connectivity index (χ0v) is 13.2. The van der Waals surface area contributed by atoms with Crippen LogP contribution in [0.15, 0.2) is 23.8 Å². The first-order chi connectivity index (χ1) is 6.98. The Labute approximate surface area is 97.9 Å². The summed E-state index contributed by atoms with van der Waals surface area (Å²) in [6.45, 7) is 12.5. The molecular weight excluding hydrogens is 212 g/mol. The third-order valence-corrected chi connectivity index (χ3v) is 19.2. The predicted molar refractivity (Wildman–Crippen MR) is 76.9 cm³/mol. The molecule has 0 spiro atoms. The number of allylic oxidation sites excluding steroid dienone is 4. The number of rotatable bonds is 5. The summed E-state index contributed by atoms with van der Waals surface area (Å²) in [6, 6.07) is 0. The van der Waals surface area contributed by atoms with Gasteiger partial charge in [0.05, 0.1) is 0 Å². The maximum atomic E-state index is 2.58. The minimum Gasteiger partial charge on any atom is -0.0804 e. The zero-order chi connectivity index (χ0) is 11.5. The van der Waals surface area contributed by atoms with Gasteiger partial charge in [0, 0.05) is 15.9 Å². The van der Waals surface area contributed by atoms with Crippen LogP contribution in [0.4, 0.5) is 0 Å². The smallest absolute Gasteiger partial charge is 0.0492 e. The number of hydrogen-bond acceptors (Lipinski definition) is 0. The van der Waals surface area contributed by atoms with Crippen LogP contribution in [0.1, 0.15) is 26.2 Å². The summed E-state index contributed by atoms with van der Waals surface area (Å²) in [6.07, 6.45) is 11.4. The van der Waals surface area contributed by atoms with Crippen molar-refractivity contribution in [3.05, 3.63) is 23.8 Å². The van der Waals surface area contributed by atoms with Crippen LogP contribution in [-0.4, -0.2) is 15.9 Å². The maximum Gasteiger partial charge on any atom is 0.0492 e.